The zero-order chi connectivity index (χ0) is 13.6. The van der Waals surface area contributed by atoms with E-state index in [1.165, 1.54) is 0 Å². The number of carboxylic acid groups (broad SMARTS) is 1. The van der Waals surface area contributed by atoms with Gasteiger partial charge in [0.25, 0.3) is 0 Å². The number of rotatable bonds is 1. The molecule has 0 aliphatic carbocycles. The lowest BCUT2D eigenvalue weighted by Gasteiger charge is -2.26. The second-order valence-electron chi connectivity index (χ2n) is 4.84. The summed E-state index contributed by atoms with van der Waals surface area (Å²) in [6, 6.07) is 5.06. The van der Waals surface area contributed by atoms with Gasteiger partial charge in [-0.1, -0.05) is 0 Å². The molecule has 1 aliphatic rings. The van der Waals surface area contributed by atoms with Crippen LogP contribution in [0, 0.1) is 0 Å². The normalized spacial score (nSPS) is 14.5. The molecule has 1 amide bonds. The first-order chi connectivity index (χ1) is 9.06. The Bertz CT molecular complexity index is 687. The highest BCUT2D eigenvalue weighted by molar-refractivity contribution is 5.95. The summed E-state index contributed by atoms with van der Waals surface area (Å²) in [6.07, 6.45) is 0.784. The molecule has 1 aromatic carbocycles. The first kappa shape index (κ1) is 11.8. The Balaban J connectivity index is 2.13. The first-order valence-corrected chi connectivity index (χ1v) is 6.18. The highest BCUT2D eigenvalue weighted by Gasteiger charge is 2.22. The fraction of sp³-hybridized carbons (Fsp3) is 0.286. The predicted molar refractivity (Wildman–Crippen MR) is 70.1 cm³/mol. The van der Waals surface area contributed by atoms with E-state index in [0.717, 1.165) is 28.6 Å². The number of nitrogens with one attached hydrogen (secondary N) is 1. The fourth-order valence-electron chi connectivity index (χ4n) is 2.62. The van der Waals surface area contributed by atoms with E-state index in [1.807, 2.05) is 0 Å². The van der Waals surface area contributed by atoms with Crippen molar-refractivity contribution in [1.29, 1.82) is 0 Å². The number of benzene rings is 1. The molecule has 0 unspecified atom stereocenters. The van der Waals surface area contributed by atoms with Crippen LogP contribution in [0.15, 0.2) is 18.2 Å². The van der Waals surface area contributed by atoms with Gasteiger partial charge in [-0.05, 0) is 18.2 Å². The lowest BCUT2D eigenvalue weighted by Crippen LogP contribution is -2.33. The summed E-state index contributed by atoms with van der Waals surface area (Å²) in [4.78, 5) is 27.6. The molecule has 1 aliphatic heterocycles. The predicted octanol–water partition coefficient (Wildman–Crippen LogP) is 1.77. The van der Waals surface area contributed by atoms with Crippen molar-refractivity contribution in [1.82, 2.24) is 9.88 Å². The Kier molecular flexibility index (Phi) is 2.55. The van der Waals surface area contributed by atoms with Crippen LogP contribution in [0.2, 0.25) is 0 Å². The van der Waals surface area contributed by atoms with E-state index in [4.69, 9.17) is 5.11 Å². The average molecular weight is 258 g/mol. The van der Waals surface area contributed by atoms with E-state index in [1.54, 1.807) is 30.0 Å². The van der Waals surface area contributed by atoms with Gasteiger partial charge in [-0.3, -0.25) is 4.79 Å². The largest absolute Gasteiger partial charge is 0.478 e. The summed E-state index contributed by atoms with van der Waals surface area (Å²) in [5, 5.41) is 9.95. The molecule has 1 aromatic heterocycles. The van der Waals surface area contributed by atoms with E-state index < -0.39 is 5.97 Å². The maximum absolute atomic E-state index is 11.5. The van der Waals surface area contributed by atoms with Crippen molar-refractivity contribution in [3.8, 4) is 0 Å². The van der Waals surface area contributed by atoms with Crippen LogP contribution in [-0.4, -0.2) is 33.4 Å². The molecule has 0 spiro atoms. The van der Waals surface area contributed by atoms with Gasteiger partial charge in [0.15, 0.2) is 0 Å². The standard InChI is InChI=1S/C14H14N2O3/c1-8(17)16-5-4-13-11(7-16)10-6-9(14(18)19)2-3-12(10)15-13/h2-3,6,15H,4-5,7H2,1H3,(H,18,19). The molecule has 5 heteroatoms. The summed E-state index contributed by atoms with van der Waals surface area (Å²) in [5.41, 5.74) is 3.35. The van der Waals surface area contributed by atoms with E-state index in [0.29, 0.717) is 13.1 Å². The van der Waals surface area contributed by atoms with Crippen LogP contribution in [0.25, 0.3) is 10.9 Å². The van der Waals surface area contributed by atoms with Crippen molar-refractivity contribution in [2.75, 3.05) is 6.54 Å². The van der Waals surface area contributed by atoms with Crippen molar-refractivity contribution >= 4 is 22.8 Å². The van der Waals surface area contributed by atoms with Crippen molar-refractivity contribution in [3.63, 3.8) is 0 Å². The van der Waals surface area contributed by atoms with Crippen LogP contribution >= 0.6 is 0 Å². The van der Waals surface area contributed by atoms with Gasteiger partial charge in [0.1, 0.15) is 0 Å². The zero-order valence-electron chi connectivity index (χ0n) is 10.6. The SMILES string of the molecule is CC(=O)N1CCc2[nH]c3ccc(C(=O)O)cc3c2C1. The van der Waals surface area contributed by atoms with E-state index in [-0.39, 0.29) is 11.5 Å². The maximum Gasteiger partial charge on any atom is 0.335 e. The summed E-state index contributed by atoms with van der Waals surface area (Å²) in [5.74, 6) is -0.884. The Hall–Kier alpha value is -2.30. The van der Waals surface area contributed by atoms with Gasteiger partial charge in [0.2, 0.25) is 5.91 Å². The first-order valence-electron chi connectivity index (χ1n) is 6.18. The third-order valence-corrected chi connectivity index (χ3v) is 3.67. The van der Waals surface area contributed by atoms with Crippen molar-refractivity contribution in [3.05, 3.63) is 35.0 Å². The highest BCUT2D eigenvalue weighted by atomic mass is 16.4. The fourth-order valence-corrected chi connectivity index (χ4v) is 2.62. The molecule has 0 bridgehead atoms. The van der Waals surface area contributed by atoms with Gasteiger partial charge in [-0.2, -0.15) is 0 Å². The Morgan fingerprint density at radius 2 is 2.16 bits per heavy atom. The van der Waals surface area contributed by atoms with E-state index in [2.05, 4.69) is 4.98 Å². The maximum atomic E-state index is 11.5. The Morgan fingerprint density at radius 3 is 2.84 bits per heavy atom. The molecule has 5 nitrogen and oxygen atoms in total. The third kappa shape index (κ3) is 1.87. The smallest absolute Gasteiger partial charge is 0.335 e. The molecule has 2 N–H and O–H groups in total. The Morgan fingerprint density at radius 1 is 1.37 bits per heavy atom. The van der Waals surface area contributed by atoms with E-state index >= 15 is 0 Å². The number of nitrogens with zero attached hydrogens (tertiary/aromatic N) is 1. The molecule has 2 aromatic rings. The number of aromatic nitrogens is 1. The minimum Gasteiger partial charge on any atom is -0.478 e. The van der Waals surface area contributed by atoms with Gasteiger partial charge in [0.05, 0.1) is 5.56 Å². The topological polar surface area (TPSA) is 73.4 Å². The number of aromatic carboxylic acids is 1. The molecule has 0 fully saturated rings. The van der Waals surface area contributed by atoms with Crippen LogP contribution in [0.1, 0.15) is 28.5 Å². The lowest BCUT2D eigenvalue weighted by atomic mass is 10.0. The molecule has 19 heavy (non-hydrogen) atoms. The van der Waals surface area contributed by atoms with Crippen molar-refractivity contribution in [2.45, 2.75) is 19.9 Å². The molecular formula is C14H14N2O3. The molecule has 0 atom stereocenters. The molecule has 0 saturated heterocycles. The average Bonchev–Trinajstić information content (AvgIpc) is 2.75. The number of hydrogen-bond acceptors (Lipinski definition) is 2. The van der Waals surface area contributed by atoms with Crippen LogP contribution < -0.4 is 0 Å². The number of aromatic amines is 1. The van der Waals surface area contributed by atoms with Gasteiger partial charge in [-0.15, -0.1) is 0 Å². The number of amides is 1. The number of hydrogen-bond donors (Lipinski definition) is 2. The number of H-pyrrole nitrogens is 1. The zero-order valence-corrected chi connectivity index (χ0v) is 10.6. The molecule has 2 heterocycles. The summed E-state index contributed by atoms with van der Waals surface area (Å²) >= 11 is 0. The van der Waals surface area contributed by atoms with Crippen LogP contribution in [0.5, 0.6) is 0 Å². The number of carbonyl (C=O) groups is 2. The number of carboxylic acids is 1. The van der Waals surface area contributed by atoms with Crippen molar-refractivity contribution < 1.29 is 14.7 Å². The summed E-state index contributed by atoms with van der Waals surface area (Å²) in [6.45, 7) is 2.82. The molecular weight excluding hydrogens is 244 g/mol. The second-order valence-corrected chi connectivity index (χ2v) is 4.84. The van der Waals surface area contributed by atoms with Crippen LogP contribution in [0.3, 0.4) is 0 Å². The second kappa shape index (κ2) is 4.12. The van der Waals surface area contributed by atoms with Gasteiger partial charge < -0.3 is 15.0 Å². The van der Waals surface area contributed by atoms with Crippen molar-refractivity contribution in [2.24, 2.45) is 0 Å². The summed E-state index contributed by atoms with van der Waals surface area (Å²) in [7, 11) is 0. The van der Waals surface area contributed by atoms with Gasteiger partial charge >= 0.3 is 5.97 Å². The molecule has 98 valence electrons. The number of fused-ring (bicyclic) bond motifs is 3. The minimum absolute atomic E-state index is 0.0504. The minimum atomic E-state index is -0.934. The Labute approximate surface area is 109 Å². The van der Waals surface area contributed by atoms with Crippen LogP contribution in [-0.2, 0) is 17.8 Å². The summed E-state index contributed by atoms with van der Waals surface area (Å²) < 4.78 is 0. The van der Waals surface area contributed by atoms with Gasteiger partial charge in [-0.25, -0.2) is 4.79 Å². The van der Waals surface area contributed by atoms with E-state index in [9.17, 15) is 9.59 Å². The monoisotopic (exact) mass is 258 g/mol. The number of carbonyl (C=O) groups excluding carboxylic acids is 1. The molecule has 3 rings (SSSR count). The molecule has 0 radical (unpaired) electrons. The highest BCUT2D eigenvalue weighted by Crippen LogP contribution is 2.28. The quantitative estimate of drug-likeness (QED) is 0.818. The third-order valence-electron chi connectivity index (χ3n) is 3.67. The van der Waals surface area contributed by atoms with Gasteiger partial charge in [0, 0.05) is 48.6 Å². The van der Waals surface area contributed by atoms with Crippen LogP contribution in [0.4, 0.5) is 0 Å². The molecule has 0 saturated carbocycles. The lowest BCUT2D eigenvalue weighted by molar-refractivity contribution is -0.129.